The van der Waals surface area contributed by atoms with Crippen LogP contribution in [0.5, 0.6) is 0 Å². The lowest BCUT2D eigenvalue weighted by molar-refractivity contribution is 0.592. The van der Waals surface area contributed by atoms with Crippen LogP contribution in [0.3, 0.4) is 0 Å². The van der Waals surface area contributed by atoms with Crippen molar-refractivity contribution in [3.63, 3.8) is 0 Å². The lowest BCUT2D eigenvalue weighted by Crippen LogP contribution is -2.32. The number of hydrogen-bond donors (Lipinski definition) is 1. The highest BCUT2D eigenvalue weighted by atomic mass is 16.1. The molecule has 0 saturated heterocycles. The molecule has 26 heavy (non-hydrogen) atoms. The van der Waals surface area contributed by atoms with Gasteiger partial charge in [-0.05, 0) is 37.7 Å². The molecule has 0 fully saturated rings. The van der Waals surface area contributed by atoms with Crippen LogP contribution < -0.4 is 16.9 Å². The van der Waals surface area contributed by atoms with E-state index in [2.05, 4.69) is 13.0 Å². The van der Waals surface area contributed by atoms with Crippen LogP contribution in [0.2, 0.25) is 0 Å². The number of aromatic nitrogens is 2. The largest absolute Gasteiger partial charge is 0.384 e. The summed E-state index contributed by atoms with van der Waals surface area (Å²) in [4.78, 5) is 26.1. The maximum atomic E-state index is 13.3. The van der Waals surface area contributed by atoms with Gasteiger partial charge in [0.05, 0.1) is 5.39 Å². The molecule has 138 valence electrons. The zero-order valence-electron chi connectivity index (χ0n) is 15.6. The molecular weight excluding hydrogens is 328 g/mol. The predicted octanol–water partition coefficient (Wildman–Crippen LogP) is 2.71. The molecule has 0 spiro atoms. The summed E-state index contributed by atoms with van der Waals surface area (Å²) < 4.78 is 3.25. The van der Waals surface area contributed by atoms with E-state index >= 15 is 0 Å². The van der Waals surface area contributed by atoms with E-state index in [1.807, 2.05) is 11.5 Å². The van der Waals surface area contributed by atoms with E-state index in [1.165, 1.54) is 4.57 Å². The molecule has 2 heterocycles. The van der Waals surface area contributed by atoms with Gasteiger partial charge in [-0.2, -0.15) is 5.26 Å². The summed E-state index contributed by atoms with van der Waals surface area (Å²) in [5.41, 5.74) is 7.82. The minimum atomic E-state index is -0.370. The van der Waals surface area contributed by atoms with Crippen LogP contribution in [0.25, 0.3) is 10.8 Å². The van der Waals surface area contributed by atoms with Crippen molar-refractivity contribution in [2.45, 2.75) is 71.9 Å². The Kier molecular flexibility index (Phi) is 5.17. The zero-order valence-corrected chi connectivity index (χ0v) is 15.6. The van der Waals surface area contributed by atoms with Crippen molar-refractivity contribution in [1.29, 1.82) is 5.26 Å². The van der Waals surface area contributed by atoms with Crippen molar-refractivity contribution < 1.29 is 0 Å². The van der Waals surface area contributed by atoms with Crippen molar-refractivity contribution in [3.8, 4) is 6.07 Å². The molecule has 0 bridgehead atoms. The average Bonchev–Trinajstić information content (AvgIpc) is 3.11. The monoisotopic (exact) mass is 354 g/mol. The number of nitrogens with two attached hydrogens (primary N) is 1. The Labute approximate surface area is 152 Å². The Hall–Kier alpha value is -2.55. The fourth-order valence-electron chi connectivity index (χ4n) is 4.00. The second-order valence-electron chi connectivity index (χ2n) is 7.02. The Morgan fingerprint density at radius 1 is 1.00 bits per heavy atom. The first-order valence-corrected chi connectivity index (χ1v) is 9.57. The average molecular weight is 354 g/mol. The number of nitrogens with zero attached hydrogens (tertiary/aromatic N) is 3. The summed E-state index contributed by atoms with van der Waals surface area (Å²) in [5, 5.41) is 10.5. The van der Waals surface area contributed by atoms with Crippen molar-refractivity contribution in [2.75, 3.05) is 5.73 Å². The van der Waals surface area contributed by atoms with Crippen molar-refractivity contribution >= 4 is 16.6 Å². The quantitative estimate of drug-likeness (QED) is 0.863. The number of aryl methyl sites for hydroxylation is 1. The Morgan fingerprint density at radius 3 is 2.27 bits per heavy atom. The Bertz CT molecular complexity index is 1010. The fraction of sp³-hybridized carbons (Fsp3) is 0.550. The SMILES string of the molecule is CCCCn1c(N)c2c(=O)n(CCCC)c3c(c2c(C#N)c1=O)CCC3. The molecule has 0 aliphatic heterocycles. The highest BCUT2D eigenvalue weighted by Gasteiger charge is 2.27. The molecular formula is C20H26N4O2. The van der Waals surface area contributed by atoms with E-state index in [0.717, 1.165) is 56.2 Å². The van der Waals surface area contributed by atoms with Crippen LogP contribution in [0.15, 0.2) is 9.59 Å². The van der Waals surface area contributed by atoms with Gasteiger partial charge in [-0.25, -0.2) is 0 Å². The number of unbranched alkanes of at least 4 members (excludes halogenated alkanes) is 2. The van der Waals surface area contributed by atoms with Crippen molar-refractivity contribution in [1.82, 2.24) is 9.13 Å². The molecule has 2 N–H and O–H groups in total. The first-order valence-electron chi connectivity index (χ1n) is 9.57. The molecule has 1 aliphatic carbocycles. The van der Waals surface area contributed by atoms with Crippen LogP contribution in [0.1, 0.15) is 62.8 Å². The summed E-state index contributed by atoms with van der Waals surface area (Å²) in [7, 11) is 0. The Morgan fingerprint density at radius 2 is 1.65 bits per heavy atom. The fourth-order valence-corrected chi connectivity index (χ4v) is 4.00. The maximum absolute atomic E-state index is 13.3. The molecule has 2 aromatic heterocycles. The summed E-state index contributed by atoms with van der Waals surface area (Å²) in [5.74, 6) is 0.211. The van der Waals surface area contributed by atoms with E-state index in [0.29, 0.717) is 23.9 Å². The van der Waals surface area contributed by atoms with Crippen LogP contribution in [-0.2, 0) is 25.9 Å². The molecule has 1 aliphatic rings. The normalized spacial score (nSPS) is 13.1. The van der Waals surface area contributed by atoms with Gasteiger partial charge in [0, 0.05) is 24.2 Å². The van der Waals surface area contributed by atoms with Crippen LogP contribution in [0.4, 0.5) is 5.82 Å². The van der Waals surface area contributed by atoms with Crippen LogP contribution in [0, 0.1) is 11.3 Å². The molecule has 6 heteroatoms. The molecule has 0 aromatic carbocycles. The molecule has 6 nitrogen and oxygen atoms in total. The minimum Gasteiger partial charge on any atom is -0.384 e. The lowest BCUT2D eigenvalue weighted by Gasteiger charge is -2.19. The van der Waals surface area contributed by atoms with Gasteiger partial charge in [-0.1, -0.05) is 26.7 Å². The number of rotatable bonds is 6. The van der Waals surface area contributed by atoms with Gasteiger partial charge in [-0.15, -0.1) is 0 Å². The number of hydrogen-bond acceptors (Lipinski definition) is 4. The first kappa shape index (κ1) is 18.2. The van der Waals surface area contributed by atoms with E-state index in [-0.39, 0.29) is 22.5 Å². The van der Waals surface area contributed by atoms with Gasteiger partial charge in [0.25, 0.3) is 11.1 Å². The molecule has 0 radical (unpaired) electrons. The van der Waals surface area contributed by atoms with Gasteiger partial charge in [0.2, 0.25) is 0 Å². The third-order valence-corrected chi connectivity index (χ3v) is 5.36. The summed E-state index contributed by atoms with van der Waals surface area (Å²) in [6.45, 7) is 5.20. The van der Waals surface area contributed by atoms with Crippen LogP contribution >= 0.6 is 0 Å². The number of fused-ring (bicyclic) bond motifs is 3. The number of pyridine rings is 2. The van der Waals surface area contributed by atoms with E-state index in [1.54, 1.807) is 0 Å². The maximum Gasteiger partial charge on any atom is 0.270 e. The molecule has 3 rings (SSSR count). The zero-order chi connectivity index (χ0) is 18.8. The third kappa shape index (κ3) is 2.72. The predicted molar refractivity (Wildman–Crippen MR) is 103 cm³/mol. The lowest BCUT2D eigenvalue weighted by atomic mass is 10.0. The van der Waals surface area contributed by atoms with Gasteiger partial charge < -0.3 is 10.3 Å². The summed E-state index contributed by atoms with van der Waals surface area (Å²) in [6, 6.07) is 2.06. The van der Waals surface area contributed by atoms with Crippen molar-refractivity contribution in [2.24, 2.45) is 0 Å². The van der Waals surface area contributed by atoms with Gasteiger partial charge in [-0.3, -0.25) is 14.2 Å². The number of nitriles is 1. The minimum absolute atomic E-state index is 0.0724. The standard InChI is InChI=1S/C20H26N4O2/c1-3-5-10-23-15-9-7-8-13(15)16-14(12-21)19(25)24(11-6-4-2)18(22)17(16)20(23)26/h3-11,22H2,1-2H3. The van der Waals surface area contributed by atoms with Gasteiger partial charge in [0.15, 0.2) is 0 Å². The second-order valence-corrected chi connectivity index (χ2v) is 7.02. The molecule has 0 atom stereocenters. The van der Waals surface area contributed by atoms with Crippen molar-refractivity contribution in [3.05, 3.63) is 37.5 Å². The molecule has 0 unspecified atom stereocenters. The first-order chi connectivity index (χ1) is 12.6. The second kappa shape index (κ2) is 7.36. The molecule has 2 aromatic rings. The number of nitrogen functional groups attached to an aromatic ring is 1. The Balaban J connectivity index is 2.45. The third-order valence-electron chi connectivity index (χ3n) is 5.36. The smallest absolute Gasteiger partial charge is 0.270 e. The number of anilines is 1. The highest BCUT2D eigenvalue weighted by Crippen LogP contribution is 2.31. The molecule has 0 saturated carbocycles. The van der Waals surface area contributed by atoms with E-state index < -0.39 is 0 Å². The van der Waals surface area contributed by atoms with Gasteiger partial charge in [0.1, 0.15) is 17.5 Å². The summed E-state index contributed by atoms with van der Waals surface area (Å²) >= 11 is 0. The highest BCUT2D eigenvalue weighted by molar-refractivity contribution is 5.97. The molecule has 0 amide bonds. The topological polar surface area (TPSA) is 93.8 Å². The van der Waals surface area contributed by atoms with Crippen LogP contribution in [-0.4, -0.2) is 9.13 Å². The van der Waals surface area contributed by atoms with Gasteiger partial charge >= 0.3 is 0 Å². The van der Waals surface area contributed by atoms with E-state index in [9.17, 15) is 14.9 Å². The van der Waals surface area contributed by atoms with E-state index in [4.69, 9.17) is 5.73 Å². The summed E-state index contributed by atoms with van der Waals surface area (Å²) in [6.07, 6.45) is 6.11.